The van der Waals surface area contributed by atoms with Crippen LogP contribution < -0.4 is 5.73 Å². The first kappa shape index (κ1) is 15.4. The van der Waals surface area contributed by atoms with Gasteiger partial charge in [-0.25, -0.2) is 0 Å². The second-order valence-electron chi connectivity index (χ2n) is 4.85. The third-order valence-corrected chi connectivity index (χ3v) is 4.32. The van der Waals surface area contributed by atoms with E-state index < -0.39 is 0 Å². The summed E-state index contributed by atoms with van der Waals surface area (Å²) in [6.07, 6.45) is 2.03. The minimum Gasteiger partial charge on any atom is -0.320 e. The highest BCUT2D eigenvalue weighted by molar-refractivity contribution is 6.36. The molecule has 0 bridgehead atoms. The van der Waals surface area contributed by atoms with Crippen molar-refractivity contribution < 1.29 is 0 Å². The first-order chi connectivity index (χ1) is 9.58. The largest absolute Gasteiger partial charge is 0.320 e. The molecule has 0 radical (unpaired) electrons. The number of benzene rings is 2. The third kappa shape index (κ3) is 3.01. The number of nitrogens with two attached hydrogens (primary N) is 1. The molecule has 0 aromatic heterocycles. The molecule has 3 heteroatoms. The maximum atomic E-state index is 6.36. The van der Waals surface area contributed by atoms with Gasteiger partial charge in [-0.05, 0) is 41.7 Å². The summed E-state index contributed by atoms with van der Waals surface area (Å²) in [4.78, 5) is 0. The molecule has 0 heterocycles. The summed E-state index contributed by atoms with van der Waals surface area (Å²) in [6.45, 7) is 4.32. The van der Waals surface area contributed by atoms with Crippen LogP contribution in [0.4, 0.5) is 0 Å². The van der Waals surface area contributed by atoms with Crippen molar-refractivity contribution in [2.45, 2.75) is 32.7 Å². The van der Waals surface area contributed by atoms with Gasteiger partial charge in [-0.1, -0.05) is 61.3 Å². The van der Waals surface area contributed by atoms with Crippen LogP contribution in [0.2, 0.25) is 10.0 Å². The minimum absolute atomic E-state index is 0.299. The highest BCUT2D eigenvalue weighted by Gasteiger charge is 2.16. The van der Waals surface area contributed by atoms with Gasteiger partial charge in [-0.3, -0.25) is 0 Å². The summed E-state index contributed by atoms with van der Waals surface area (Å²) in [5.74, 6) is 0. The summed E-state index contributed by atoms with van der Waals surface area (Å²) in [5.41, 5.74) is 10.9. The summed E-state index contributed by atoms with van der Waals surface area (Å²) < 4.78 is 0. The number of hydrogen-bond acceptors (Lipinski definition) is 1. The molecule has 2 N–H and O–H groups in total. The molecule has 0 saturated carbocycles. The Kier molecular flexibility index (Phi) is 5.09. The van der Waals surface area contributed by atoms with Crippen LogP contribution in [0.15, 0.2) is 36.4 Å². The molecule has 0 aliphatic heterocycles. The van der Waals surface area contributed by atoms with Crippen molar-refractivity contribution >= 4 is 23.2 Å². The van der Waals surface area contributed by atoms with Gasteiger partial charge >= 0.3 is 0 Å². The molecule has 1 unspecified atom stereocenters. The predicted octanol–water partition coefficient (Wildman–Crippen LogP) is 5.17. The molecule has 0 saturated heterocycles. The number of halogens is 2. The zero-order valence-electron chi connectivity index (χ0n) is 11.8. The first-order valence-electron chi connectivity index (χ1n) is 6.89. The van der Waals surface area contributed by atoms with Crippen LogP contribution in [-0.2, 0) is 12.8 Å². The molecule has 1 nitrogen and oxygen atoms in total. The molecule has 2 aromatic rings. The maximum Gasteiger partial charge on any atom is 0.0581 e. The van der Waals surface area contributed by atoms with Crippen molar-refractivity contribution in [2.75, 3.05) is 0 Å². The minimum atomic E-state index is -0.299. The molecule has 106 valence electrons. The molecule has 20 heavy (non-hydrogen) atoms. The van der Waals surface area contributed by atoms with Crippen molar-refractivity contribution in [2.24, 2.45) is 5.73 Å². The Hall–Kier alpha value is -1.02. The quantitative estimate of drug-likeness (QED) is 0.829. The Balaban J connectivity index is 2.46. The fraction of sp³-hybridized carbons (Fsp3) is 0.294. The maximum absolute atomic E-state index is 6.36. The van der Waals surface area contributed by atoms with E-state index in [4.69, 9.17) is 28.9 Å². The van der Waals surface area contributed by atoms with E-state index in [0.717, 1.165) is 24.0 Å². The van der Waals surface area contributed by atoms with Crippen molar-refractivity contribution in [1.29, 1.82) is 0 Å². The summed E-state index contributed by atoms with van der Waals surface area (Å²) in [6, 6.07) is 11.6. The van der Waals surface area contributed by atoms with Crippen molar-refractivity contribution in [3.05, 3.63) is 68.7 Å². The molecule has 2 aromatic carbocycles. The summed E-state index contributed by atoms with van der Waals surface area (Å²) in [7, 11) is 0. The zero-order chi connectivity index (χ0) is 14.7. The monoisotopic (exact) mass is 307 g/mol. The van der Waals surface area contributed by atoms with Crippen LogP contribution in [0.3, 0.4) is 0 Å². The van der Waals surface area contributed by atoms with E-state index in [1.54, 1.807) is 0 Å². The Bertz CT molecular complexity index is 588. The molecule has 2 rings (SSSR count). The molecule has 0 aliphatic carbocycles. The zero-order valence-corrected chi connectivity index (χ0v) is 13.3. The molecular weight excluding hydrogens is 289 g/mol. The lowest BCUT2D eigenvalue weighted by Crippen LogP contribution is -2.13. The van der Waals surface area contributed by atoms with Crippen LogP contribution in [0, 0.1) is 0 Å². The van der Waals surface area contributed by atoms with Crippen molar-refractivity contribution in [3.63, 3.8) is 0 Å². The lowest BCUT2D eigenvalue weighted by Gasteiger charge is -2.18. The molecule has 0 aliphatic rings. The normalized spacial score (nSPS) is 12.4. The van der Waals surface area contributed by atoms with Gasteiger partial charge in [-0.15, -0.1) is 0 Å². The average molecular weight is 308 g/mol. The van der Waals surface area contributed by atoms with E-state index in [1.165, 1.54) is 11.1 Å². The first-order valence-corrected chi connectivity index (χ1v) is 7.65. The fourth-order valence-electron chi connectivity index (χ4n) is 2.49. The van der Waals surface area contributed by atoms with Gasteiger partial charge < -0.3 is 5.73 Å². The van der Waals surface area contributed by atoms with Gasteiger partial charge in [0.2, 0.25) is 0 Å². The summed E-state index contributed by atoms with van der Waals surface area (Å²) >= 11 is 12.5. The topological polar surface area (TPSA) is 26.0 Å². The van der Waals surface area contributed by atoms with Crippen LogP contribution in [-0.4, -0.2) is 0 Å². The highest BCUT2D eigenvalue weighted by Crippen LogP contribution is 2.33. The second-order valence-corrected chi connectivity index (χ2v) is 5.66. The van der Waals surface area contributed by atoms with E-state index in [9.17, 15) is 0 Å². The number of rotatable bonds is 4. The lowest BCUT2D eigenvalue weighted by molar-refractivity contribution is 0.864. The Labute approximate surface area is 130 Å². The SMILES string of the molecule is CCc1ccc(C(N)c2c(Cl)cccc2Cl)cc1CC. The van der Waals surface area contributed by atoms with Crippen LogP contribution in [0.25, 0.3) is 0 Å². The van der Waals surface area contributed by atoms with Gasteiger partial charge in [0, 0.05) is 15.6 Å². The Morgan fingerprint density at radius 1 is 0.950 bits per heavy atom. The van der Waals surface area contributed by atoms with Gasteiger partial charge in [0.05, 0.1) is 6.04 Å². The van der Waals surface area contributed by atoms with E-state index in [1.807, 2.05) is 18.2 Å². The van der Waals surface area contributed by atoms with Crippen LogP contribution in [0.1, 0.15) is 42.1 Å². The fourth-order valence-corrected chi connectivity index (χ4v) is 3.12. The Morgan fingerprint density at radius 3 is 2.10 bits per heavy atom. The number of aryl methyl sites for hydroxylation is 2. The molecule has 0 amide bonds. The van der Waals surface area contributed by atoms with E-state index in [-0.39, 0.29) is 6.04 Å². The van der Waals surface area contributed by atoms with Crippen LogP contribution >= 0.6 is 23.2 Å². The average Bonchev–Trinajstić information content (AvgIpc) is 2.46. The smallest absolute Gasteiger partial charge is 0.0581 e. The van der Waals surface area contributed by atoms with Crippen molar-refractivity contribution in [1.82, 2.24) is 0 Å². The van der Waals surface area contributed by atoms with Crippen LogP contribution in [0.5, 0.6) is 0 Å². The molecule has 1 atom stereocenters. The van der Waals surface area contributed by atoms with Gasteiger partial charge in [-0.2, -0.15) is 0 Å². The summed E-state index contributed by atoms with van der Waals surface area (Å²) in [5, 5.41) is 1.23. The Morgan fingerprint density at radius 2 is 1.55 bits per heavy atom. The standard InChI is InChI=1S/C17H19Cl2N/c1-3-11-8-9-13(10-12(11)4-2)17(20)16-14(18)6-5-7-15(16)19/h5-10,17H,3-4,20H2,1-2H3. The third-order valence-electron chi connectivity index (χ3n) is 3.66. The van der Waals surface area contributed by atoms with Gasteiger partial charge in [0.25, 0.3) is 0 Å². The molecule has 0 spiro atoms. The molecule has 0 fully saturated rings. The van der Waals surface area contributed by atoms with E-state index in [0.29, 0.717) is 10.0 Å². The predicted molar refractivity (Wildman–Crippen MR) is 87.7 cm³/mol. The van der Waals surface area contributed by atoms with Crippen molar-refractivity contribution in [3.8, 4) is 0 Å². The second kappa shape index (κ2) is 6.62. The van der Waals surface area contributed by atoms with Gasteiger partial charge in [0.1, 0.15) is 0 Å². The van der Waals surface area contributed by atoms with E-state index >= 15 is 0 Å². The number of hydrogen-bond donors (Lipinski definition) is 1. The molecular formula is C17H19Cl2N. The van der Waals surface area contributed by atoms with Gasteiger partial charge in [0.15, 0.2) is 0 Å². The highest BCUT2D eigenvalue weighted by atomic mass is 35.5. The lowest BCUT2D eigenvalue weighted by atomic mass is 9.94. The van der Waals surface area contributed by atoms with E-state index in [2.05, 4.69) is 32.0 Å².